The Balaban J connectivity index is 1.58. The molecule has 3 rings (SSSR count). The molecule has 0 spiro atoms. The van der Waals surface area contributed by atoms with E-state index in [2.05, 4.69) is 5.32 Å². The number of amides is 2. The second-order valence-corrected chi connectivity index (χ2v) is 7.81. The van der Waals surface area contributed by atoms with Gasteiger partial charge in [0.05, 0.1) is 7.11 Å². The Morgan fingerprint density at radius 1 is 1.11 bits per heavy atom. The lowest BCUT2D eigenvalue weighted by Gasteiger charge is -2.18. The first kappa shape index (κ1) is 19.0. The number of benzene rings is 2. The number of ketones is 1. The Morgan fingerprint density at radius 3 is 2.48 bits per heavy atom. The minimum atomic E-state index is -0.804. The van der Waals surface area contributed by atoms with Crippen LogP contribution >= 0.6 is 11.8 Å². The zero-order chi connectivity index (χ0) is 19.4. The molecule has 1 heterocycles. The van der Waals surface area contributed by atoms with Crippen molar-refractivity contribution in [3.8, 4) is 11.5 Å². The maximum atomic E-state index is 12.2. The molecule has 1 atom stereocenters. The molecule has 0 aromatic heterocycles. The lowest BCUT2D eigenvalue weighted by atomic mass is 9.99. The molecular formula is C20H19NO5S. The fourth-order valence-corrected chi connectivity index (χ4v) is 3.67. The number of thioether (sulfide) groups is 1. The summed E-state index contributed by atoms with van der Waals surface area (Å²) >= 11 is 1.00. The van der Waals surface area contributed by atoms with Crippen molar-refractivity contribution in [2.24, 2.45) is 0 Å². The normalized spacial score (nSPS) is 18.9. The van der Waals surface area contributed by atoms with Crippen molar-refractivity contribution in [2.45, 2.75) is 18.1 Å². The van der Waals surface area contributed by atoms with Crippen LogP contribution in [0.15, 0.2) is 48.5 Å². The highest BCUT2D eigenvalue weighted by Crippen LogP contribution is 2.34. The maximum absolute atomic E-state index is 12.2. The summed E-state index contributed by atoms with van der Waals surface area (Å²) in [4.78, 5) is 35.5. The van der Waals surface area contributed by atoms with Crippen LogP contribution in [0.4, 0.5) is 4.79 Å². The number of Topliss-reactive ketones (excluding diaryl/α,β-unsaturated/α-hetero) is 1. The van der Waals surface area contributed by atoms with Crippen molar-refractivity contribution < 1.29 is 23.9 Å². The number of nitrogens with one attached hydrogen (secondary N) is 1. The van der Waals surface area contributed by atoms with Gasteiger partial charge in [-0.15, -0.1) is 0 Å². The topological polar surface area (TPSA) is 81.7 Å². The Bertz CT molecular complexity index is 880. The van der Waals surface area contributed by atoms with Gasteiger partial charge in [-0.05, 0) is 54.9 Å². The summed E-state index contributed by atoms with van der Waals surface area (Å²) in [6.07, 6.45) is 0.429. The SMILES string of the molecule is COc1cccc(C(=O)COc2ccc(CC3(C)SC(=O)NC3=O)cc2)c1. The van der Waals surface area contributed by atoms with E-state index in [0.29, 0.717) is 23.5 Å². The molecule has 6 nitrogen and oxygen atoms in total. The number of hydrogen-bond donors (Lipinski definition) is 1. The molecule has 2 amide bonds. The summed E-state index contributed by atoms with van der Waals surface area (Å²) in [6.45, 7) is 1.66. The van der Waals surface area contributed by atoms with E-state index in [1.54, 1.807) is 50.4 Å². The van der Waals surface area contributed by atoms with Crippen molar-refractivity contribution in [2.75, 3.05) is 13.7 Å². The highest BCUT2D eigenvalue weighted by atomic mass is 32.2. The predicted molar refractivity (Wildman–Crippen MR) is 103 cm³/mol. The highest BCUT2D eigenvalue weighted by Gasteiger charge is 2.43. The number of methoxy groups -OCH3 is 1. The quantitative estimate of drug-likeness (QED) is 0.737. The lowest BCUT2D eigenvalue weighted by molar-refractivity contribution is -0.121. The molecule has 1 unspecified atom stereocenters. The fraction of sp³-hybridized carbons (Fsp3) is 0.250. The lowest BCUT2D eigenvalue weighted by Crippen LogP contribution is -2.35. The Kier molecular flexibility index (Phi) is 5.51. The van der Waals surface area contributed by atoms with Crippen LogP contribution in [-0.2, 0) is 11.2 Å². The van der Waals surface area contributed by atoms with Gasteiger partial charge in [-0.1, -0.05) is 24.3 Å². The first-order valence-electron chi connectivity index (χ1n) is 8.33. The van der Waals surface area contributed by atoms with Crippen LogP contribution in [-0.4, -0.2) is 35.4 Å². The van der Waals surface area contributed by atoms with E-state index >= 15 is 0 Å². The minimum Gasteiger partial charge on any atom is -0.497 e. The summed E-state index contributed by atoms with van der Waals surface area (Å²) in [7, 11) is 1.55. The molecule has 1 aliphatic heterocycles. The summed E-state index contributed by atoms with van der Waals surface area (Å²) in [6, 6.07) is 14.1. The van der Waals surface area contributed by atoms with Gasteiger partial charge in [-0.2, -0.15) is 0 Å². The zero-order valence-corrected chi connectivity index (χ0v) is 15.8. The van der Waals surface area contributed by atoms with Gasteiger partial charge in [0.15, 0.2) is 12.4 Å². The van der Waals surface area contributed by atoms with Crippen molar-refractivity contribution in [1.82, 2.24) is 5.32 Å². The van der Waals surface area contributed by atoms with Gasteiger partial charge in [0, 0.05) is 5.56 Å². The zero-order valence-electron chi connectivity index (χ0n) is 15.0. The third-order valence-electron chi connectivity index (χ3n) is 4.24. The van der Waals surface area contributed by atoms with Crippen molar-refractivity contribution in [3.63, 3.8) is 0 Å². The summed E-state index contributed by atoms with van der Waals surface area (Å²) in [5.41, 5.74) is 1.43. The monoisotopic (exact) mass is 385 g/mol. The van der Waals surface area contributed by atoms with Crippen LogP contribution in [0, 0.1) is 0 Å². The highest BCUT2D eigenvalue weighted by molar-refractivity contribution is 8.16. The van der Waals surface area contributed by atoms with E-state index in [4.69, 9.17) is 9.47 Å². The first-order chi connectivity index (χ1) is 12.9. The Hall–Kier alpha value is -2.80. The Labute approximate surface area is 161 Å². The molecule has 1 aliphatic rings. The third kappa shape index (κ3) is 4.49. The molecule has 1 saturated heterocycles. The molecule has 140 valence electrons. The van der Waals surface area contributed by atoms with Crippen LogP contribution in [0.25, 0.3) is 0 Å². The molecule has 0 radical (unpaired) electrons. The average Bonchev–Trinajstić information content (AvgIpc) is 2.92. The molecular weight excluding hydrogens is 366 g/mol. The number of hydrogen-bond acceptors (Lipinski definition) is 6. The van der Waals surface area contributed by atoms with Crippen molar-refractivity contribution in [3.05, 3.63) is 59.7 Å². The second-order valence-electron chi connectivity index (χ2n) is 6.34. The van der Waals surface area contributed by atoms with Crippen LogP contribution in [0.2, 0.25) is 0 Å². The van der Waals surface area contributed by atoms with Crippen LogP contribution in [0.1, 0.15) is 22.8 Å². The van der Waals surface area contributed by atoms with Gasteiger partial charge >= 0.3 is 0 Å². The predicted octanol–water partition coefficient (Wildman–Crippen LogP) is 3.24. The minimum absolute atomic E-state index is 0.0863. The van der Waals surface area contributed by atoms with E-state index < -0.39 is 4.75 Å². The number of rotatable bonds is 7. The van der Waals surface area contributed by atoms with E-state index in [1.165, 1.54) is 0 Å². The molecule has 27 heavy (non-hydrogen) atoms. The van der Waals surface area contributed by atoms with Gasteiger partial charge in [-0.25, -0.2) is 0 Å². The smallest absolute Gasteiger partial charge is 0.286 e. The van der Waals surface area contributed by atoms with Gasteiger partial charge < -0.3 is 9.47 Å². The first-order valence-corrected chi connectivity index (χ1v) is 9.15. The van der Waals surface area contributed by atoms with E-state index in [9.17, 15) is 14.4 Å². The second kappa shape index (κ2) is 7.84. The van der Waals surface area contributed by atoms with Gasteiger partial charge in [0.1, 0.15) is 16.2 Å². The average molecular weight is 385 g/mol. The molecule has 0 aliphatic carbocycles. The number of imide groups is 1. The molecule has 1 N–H and O–H groups in total. The van der Waals surface area contributed by atoms with Gasteiger partial charge in [0.25, 0.3) is 5.24 Å². The number of carbonyl (C=O) groups is 3. The summed E-state index contributed by atoms with van der Waals surface area (Å²) < 4.78 is 9.86. The van der Waals surface area contributed by atoms with E-state index in [0.717, 1.165) is 17.3 Å². The fourth-order valence-electron chi connectivity index (χ4n) is 2.74. The maximum Gasteiger partial charge on any atom is 0.286 e. The molecule has 2 aromatic rings. The Morgan fingerprint density at radius 2 is 1.85 bits per heavy atom. The summed E-state index contributed by atoms with van der Waals surface area (Å²) in [5.74, 6) is 0.746. The summed E-state index contributed by atoms with van der Waals surface area (Å²) in [5, 5.41) is 1.99. The number of ether oxygens (including phenoxy) is 2. The van der Waals surface area contributed by atoms with Gasteiger partial charge in [0.2, 0.25) is 5.91 Å². The molecule has 1 fully saturated rings. The third-order valence-corrected chi connectivity index (χ3v) is 5.31. The molecule has 0 bridgehead atoms. The standard InChI is InChI=1S/C20H19NO5S/c1-20(18(23)21-19(24)27-20)11-13-6-8-15(9-7-13)26-12-17(22)14-4-3-5-16(10-14)25-2/h3-10H,11-12H2,1-2H3,(H,21,23,24). The van der Waals surface area contributed by atoms with Crippen molar-refractivity contribution >= 4 is 28.7 Å². The van der Waals surface area contributed by atoms with E-state index in [1.807, 2.05) is 12.1 Å². The van der Waals surface area contributed by atoms with Crippen LogP contribution in [0.3, 0.4) is 0 Å². The van der Waals surface area contributed by atoms with Gasteiger partial charge in [-0.3, -0.25) is 19.7 Å². The molecule has 0 saturated carbocycles. The van der Waals surface area contributed by atoms with E-state index in [-0.39, 0.29) is 23.5 Å². The molecule has 7 heteroatoms. The van der Waals surface area contributed by atoms with Crippen molar-refractivity contribution in [1.29, 1.82) is 0 Å². The number of carbonyl (C=O) groups excluding carboxylic acids is 3. The van der Waals surface area contributed by atoms with Crippen LogP contribution < -0.4 is 14.8 Å². The molecule has 2 aromatic carbocycles. The largest absolute Gasteiger partial charge is 0.497 e. The van der Waals surface area contributed by atoms with Crippen LogP contribution in [0.5, 0.6) is 11.5 Å².